The van der Waals surface area contributed by atoms with Gasteiger partial charge < -0.3 is 10.2 Å². The molecule has 0 saturated carbocycles. The summed E-state index contributed by atoms with van der Waals surface area (Å²) in [7, 11) is -3.58. The molecule has 2 rings (SSSR count). The summed E-state index contributed by atoms with van der Waals surface area (Å²) < 4.78 is 26.3. The summed E-state index contributed by atoms with van der Waals surface area (Å²) in [5, 5.41) is 3.34. The van der Waals surface area contributed by atoms with Crippen molar-refractivity contribution in [2.45, 2.75) is 59.0 Å². The van der Waals surface area contributed by atoms with Crippen molar-refractivity contribution < 1.29 is 18.0 Å². The standard InChI is InChI=1S/C26H36ClN3O4S/c1-5-6-16-28-26(32)21(3)29(19-22-11-8-7-9-12-22)25(31)13-10-17-30(35(4,33)34)24-18-23(27)15-14-20(24)2/h7-9,11-12,14-15,18,21H,5-6,10,13,16-17,19H2,1-4H3,(H,28,32). The molecule has 1 unspecified atom stereocenters. The summed E-state index contributed by atoms with van der Waals surface area (Å²) in [4.78, 5) is 27.5. The van der Waals surface area contributed by atoms with Gasteiger partial charge in [0.15, 0.2) is 0 Å². The number of hydrogen-bond acceptors (Lipinski definition) is 4. The van der Waals surface area contributed by atoms with Crippen molar-refractivity contribution in [3.63, 3.8) is 0 Å². The Kier molecular flexibility index (Phi) is 11.0. The second-order valence-electron chi connectivity index (χ2n) is 8.70. The van der Waals surface area contributed by atoms with Crippen LogP contribution in [0.25, 0.3) is 0 Å². The first kappa shape index (κ1) is 28.7. The molecule has 35 heavy (non-hydrogen) atoms. The molecule has 0 aliphatic carbocycles. The van der Waals surface area contributed by atoms with Gasteiger partial charge in [0.05, 0.1) is 11.9 Å². The number of unbranched alkanes of at least 4 members (excludes halogenated alkanes) is 1. The predicted octanol–water partition coefficient (Wildman–Crippen LogP) is 4.53. The number of nitrogens with one attached hydrogen (secondary N) is 1. The van der Waals surface area contributed by atoms with Gasteiger partial charge in [0.2, 0.25) is 21.8 Å². The van der Waals surface area contributed by atoms with Crippen LogP contribution >= 0.6 is 11.6 Å². The molecule has 0 heterocycles. The lowest BCUT2D eigenvalue weighted by atomic mass is 10.1. The normalized spacial score (nSPS) is 12.1. The lowest BCUT2D eigenvalue weighted by Crippen LogP contribution is -2.48. The van der Waals surface area contributed by atoms with Crippen LogP contribution in [0.5, 0.6) is 0 Å². The van der Waals surface area contributed by atoms with Gasteiger partial charge in [-0.05, 0) is 49.9 Å². The summed E-state index contributed by atoms with van der Waals surface area (Å²) in [6.45, 7) is 6.57. The van der Waals surface area contributed by atoms with E-state index in [1.165, 1.54) is 4.31 Å². The molecule has 7 nitrogen and oxygen atoms in total. The number of carbonyl (C=O) groups excluding carboxylic acids is 2. The molecule has 2 aromatic carbocycles. The lowest BCUT2D eigenvalue weighted by molar-refractivity contribution is -0.140. The minimum Gasteiger partial charge on any atom is -0.354 e. The van der Waals surface area contributed by atoms with Crippen LogP contribution in [-0.2, 0) is 26.2 Å². The monoisotopic (exact) mass is 521 g/mol. The van der Waals surface area contributed by atoms with Crippen molar-refractivity contribution in [2.24, 2.45) is 0 Å². The summed E-state index contributed by atoms with van der Waals surface area (Å²) in [6.07, 6.45) is 3.37. The van der Waals surface area contributed by atoms with Gasteiger partial charge in [0, 0.05) is 31.1 Å². The number of anilines is 1. The second-order valence-corrected chi connectivity index (χ2v) is 11.0. The third-order valence-corrected chi connectivity index (χ3v) is 7.20. The fraction of sp³-hybridized carbons (Fsp3) is 0.462. The van der Waals surface area contributed by atoms with E-state index in [1.807, 2.05) is 44.2 Å². The summed E-state index contributed by atoms with van der Waals surface area (Å²) >= 11 is 6.10. The molecule has 0 saturated heterocycles. The molecule has 0 aliphatic rings. The molecule has 9 heteroatoms. The molecule has 2 amide bonds. The van der Waals surface area contributed by atoms with Crippen LogP contribution < -0.4 is 9.62 Å². The van der Waals surface area contributed by atoms with Crippen molar-refractivity contribution in [3.8, 4) is 0 Å². The maximum absolute atomic E-state index is 13.3. The molecule has 0 aliphatic heterocycles. The number of carbonyl (C=O) groups is 2. The Bertz CT molecular complexity index is 1090. The smallest absolute Gasteiger partial charge is 0.242 e. The van der Waals surface area contributed by atoms with Gasteiger partial charge in [0.1, 0.15) is 6.04 Å². The predicted molar refractivity (Wildman–Crippen MR) is 142 cm³/mol. The molecule has 2 aromatic rings. The Morgan fingerprint density at radius 3 is 2.40 bits per heavy atom. The molecular formula is C26H36ClN3O4S. The zero-order valence-corrected chi connectivity index (χ0v) is 22.5. The maximum Gasteiger partial charge on any atom is 0.242 e. The van der Waals surface area contributed by atoms with Crippen LogP contribution in [0.2, 0.25) is 5.02 Å². The van der Waals surface area contributed by atoms with E-state index in [1.54, 1.807) is 30.0 Å². The van der Waals surface area contributed by atoms with Crippen molar-refractivity contribution in [1.29, 1.82) is 0 Å². The quantitative estimate of drug-likeness (QED) is 0.392. The Balaban J connectivity index is 2.15. The summed E-state index contributed by atoms with van der Waals surface area (Å²) in [5.74, 6) is -0.404. The second kappa shape index (κ2) is 13.5. The van der Waals surface area contributed by atoms with E-state index in [0.717, 1.165) is 30.2 Å². The summed E-state index contributed by atoms with van der Waals surface area (Å²) in [5.41, 5.74) is 2.19. The van der Waals surface area contributed by atoms with Crippen LogP contribution in [0.1, 0.15) is 50.7 Å². The highest BCUT2D eigenvalue weighted by atomic mass is 35.5. The SMILES string of the molecule is CCCCNC(=O)C(C)N(Cc1ccccc1)C(=O)CCCN(c1cc(Cl)ccc1C)S(C)(=O)=O. The van der Waals surface area contributed by atoms with Gasteiger partial charge in [-0.25, -0.2) is 8.42 Å². The molecule has 0 bridgehead atoms. The molecular weight excluding hydrogens is 486 g/mol. The zero-order chi connectivity index (χ0) is 26.0. The van der Waals surface area contributed by atoms with E-state index in [0.29, 0.717) is 30.2 Å². The van der Waals surface area contributed by atoms with Crippen molar-refractivity contribution in [1.82, 2.24) is 10.2 Å². The topological polar surface area (TPSA) is 86.8 Å². The largest absolute Gasteiger partial charge is 0.354 e. The molecule has 0 fully saturated rings. The molecule has 0 radical (unpaired) electrons. The van der Waals surface area contributed by atoms with Crippen LogP contribution in [0.15, 0.2) is 48.5 Å². The maximum atomic E-state index is 13.3. The van der Waals surface area contributed by atoms with Gasteiger partial charge in [0.25, 0.3) is 0 Å². The van der Waals surface area contributed by atoms with Gasteiger partial charge in [-0.2, -0.15) is 0 Å². The van der Waals surface area contributed by atoms with Gasteiger partial charge in [-0.1, -0.05) is 61.3 Å². The van der Waals surface area contributed by atoms with Crippen molar-refractivity contribution in [3.05, 3.63) is 64.7 Å². The fourth-order valence-electron chi connectivity index (χ4n) is 3.73. The number of amides is 2. The molecule has 1 atom stereocenters. The van der Waals surface area contributed by atoms with Crippen LogP contribution in [0, 0.1) is 6.92 Å². The van der Waals surface area contributed by atoms with E-state index >= 15 is 0 Å². The molecule has 192 valence electrons. The van der Waals surface area contributed by atoms with Gasteiger partial charge >= 0.3 is 0 Å². The highest BCUT2D eigenvalue weighted by Gasteiger charge is 2.26. The third-order valence-electron chi connectivity index (χ3n) is 5.78. The average molecular weight is 522 g/mol. The number of rotatable bonds is 13. The van der Waals surface area contributed by atoms with Crippen LogP contribution in [0.4, 0.5) is 5.69 Å². The van der Waals surface area contributed by atoms with Gasteiger partial charge in [-0.15, -0.1) is 0 Å². The van der Waals surface area contributed by atoms with E-state index in [4.69, 9.17) is 11.6 Å². The van der Waals surface area contributed by atoms with E-state index < -0.39 is 16.1 Å². The Labute approximate surface area is 214 Å². The first-order valence-corrected chi connectivity index (χ1v) is 14.1. The first-order chi connectivity index (χ1) is 16.5. The number of hydrogen-bond donors (Lipinski definition) is 1. The number of halogens is 1. The minimum absolute atomic E-state index is 0.102. The third kappa shape index (κ3) is 8.85. The fourth-order valence-corrected chi connectivity index (χ4v) is 4.91. The molecule has 1 N–H and O–H groups in total. The van der Waals surface area contributed by atoms with Crippen LogP contribution in [0.3, 0.4) is 0 Å². The van der Waals surface area contributed by atoms with E-state index in [-0.39, 0.29) is 24.8 Å². The Hall–Kier alpha value is -2.58. The number of aryl methyl sites for hydroxylation is 1. The number of benzene rings is 2. The lowest BCUT2D eigenvalue weighted by Gasteiger charge is -2.29. The van der Waals surface area contributed by atoms with Crippen molar-refractivity contribution in [2.75, 3.05) is 23.7 Å². The first-order valence-electron chi connectivity index (χ1n) is 11.9. The molecule has 0 aromatic heterocycles. The Morgan fingerprint density at radius 1 is 1.09 bits per heavy atom. The molecule has 0 spiro atoms. The average Bonchev–Trinajstić information content (AvgIpc) is 2.81. The minimum atomic E-state index is -3.58. The van der Waals surface area contributed by atoms with Gasteiger partial charge in [-0.3, -0.25) is 13.9 Å². The van der Waals surface area contributed by atoms with E-state index in [2.05, 4.69) is 5.32 Å². The number of sulfonamides is 1. The van der Waals surface area contributed by atoms with E-state index in [9.17, 15) is 18.0 Å². The summed E-state index contributed by atoms with van der Waals surface area (Å²) in [6, 6.07) is 13.9. The highest BCUT2D eigenvalue weighted by molar-refractivity contribution is 7.92. The number of nitrogens with zero attached hydrogens (tertiary/aromatic N) is 2. The highest BCUT2D eigenvalue weighted by Crippen LogP contribution is 2.27. The van der Waals surface area contributed by atoms with Crippen molar-refractivity contribution >= 4 is 39.1 Å². The zero-order valence-electron chi connectivity index (χ0n) is 21.0. The Morgan fingerprint density at radius 2 is 1.77 bits per heavy atom. The van der Waals surface area contributed by atoms with Crippen LogP contribution in [-0.4, -0.2) is 50.5 Å².